The van der Waals surface area contributed by atoms with Crippen molar-refractivity contribution in [2.45, 2.75) is 13.0 Å². The minimum atomic E-state index is -0.984. The predicted molar refractivity (Wildman–Crippen MR) is 108 cm³/mol. The molecule has 0 saturated carbocycles. The summed E-state index contributed by atoms with van der Waals surface area (Å²) in [5.41, 5.74) is 0.847. The second-order valence-corrected chi connectivity index (χ2v) is 6.44. The smallest absolute Gasteiger partial charge is 0.340 e. The van der Waals surface area contributed by atoms with Gasteiger partial charge in [-0.3, -0.25) is 9.59 Å². The minimum Gasteiger partial charge on any atom is -0.493 e. The van der Waals surface area contributed by atoms with E-state index in [1.165, 1.54) is 45.3 Å². The minimum absolute atomic E-state index is 0.0268. The Bertz CT molecular complexity index is 989. The third kappa shape index (κ3) is 4.00. The maximum Gasteiger partial charge on any atom is 0.340 e. The van der Waals surface area contributed by atoms with Crippen LogP contribution in [0.25, 0.3) is 0 Å². The first-order valence-corrected chi connectivity index (χ1v) is 9.08. The molecular formula is C21H22N2O7. The molecule has 1 aliphatic rings. The molecule has 1 N–H and O–H groups in total. The Hall–Kier alpha value is -3.75. The second kappa shape index (κ2) is 8.73. The van der Waals surface area contributed by atoms with E-state index in [-0.39, 0.29) is 23.7 Å². The van der Waals surface area contributed by atoms with E-state index in [1.54, 1.807) is 24.3 Å². The van der Waals surface area contributed by atoms with E-state index >= 15 is 0 Å². The molecule has 9 nitrogen and oxygen atoms in total. The fourth-order valence-electron chi connectivity index (χ4n) is 3.14. The van der Waals surface area contributed by atoms with Gasteiger partial charge in [0.05, 0.1) is 44.8 Å². The first kappa shape index (κ1) is 21.0. The molecule has 0 aromatic heterocycles. The normalized spacial score (nSPS) is 14.8. The highest BCUT2D eigenvalue weighted by Crippen LogP contribution is 2.35. The lowest BCUT2D eigenvalue weighted by molar-refractivity contribution is -0.123. The number of amides is 2. The number of carbonyl (C=O) groups is 3. The number of nitrogens with zero attached hydrogens (tertiary/aromatic N) is 1. The van der Waals surface area contributed by atoms with Crippen molar-refractivity contribution in [3.05, 3.63) is 42.0 Å². The van der Waals surface area contributed by atoms with Gasteiger partial charge in [-0.1, -0.05) is 12.1 Å². The molecule has 0 aliphatic carbocycles. The van der Waals surface area contributed by atoms with Crippen molar-refractivity contribution in [1.82, 2.24) is 0 Å². The van der Waals surface area contributed by atoms with E-state index in [2.05, 4.69) is 5.32 Å². The van der Waals surface area contributed by atoms with E-state index in [0.29, 0.717) is 22.9 Å². The Balaban J connectivity index is 1.92. The number of anilines is 2. The monoisotopic (exact) mass is 414 g/mol. The molecule has 2 amide bonds. The molecule has 0 saturated heterocycles. The van der Waals surface area contributed by atoms with Crippen molar-refractivity contribution in [2.75, 3.05) is 38.1 Å². The van der Waals surface area contributed by atoms with Crippen molar-refractivity contribution >= 4 is 29.2 Å². The molecule has 0 spiro atoms. The lowest BCUT2D eigenvalue weighted by Crippen LogP contribution is -2.48. The molecule has 1 atom stereocenters. The molecule has 2 aromatic carbocycles. The van der Waals surface area contributed by atoms with Gasteiger partial charge in [0.2, 0.25) is 5.91 Å². The zero-order valence-electron chi connectivity index (χ0n) is 17.1. The SMILES string of the molecule is COC(=O)c1cc(OC)c(OC)cc1NC(=O)C1CN(C(C)=O)c2ccccc2O1. The van der Waals surface area contributed by atoms with Crippen molar-refractivity contribution in [2.24, 2.45) is 0 Å². The zero-order chi connectivity index (χ0) is 21.8. The van der Waals surface area contributed by atoms with Gasteiger partial charge >= 0.3 is 5.97 Å². The molecule has 3 rings (SSSR count). The van der Waals surface area contributed by atoms with Crippen LogP contribution >= 0.6 is 0 Å². The number of hydrogen-bond acceptors (Lipinski definition) is 7. The summed E-state index contributed by atoms with van der Waals surface area (Å²) in [7, 11) is 4.10. The number of para-hydroxylation sites is 2. The van der Waals surface area contributed by atoms with Gasteiger partial charge in [0.25, 0.3) is 5.91 Å². The number of hydrogen-bond donors (Lipinski definition) is 1. The van der Waals surface area contributed by atoms with Gasteiger partial charge < -0.3 is 29.2 Å². The van der Waals surface area contributed by atoms with E-state index in [9.17, 15) is 14.4 Å². The molecule has 0 bridgehead atoms. The Morgan fingerprint density at radius 3 is 2.37 bits per heavy atom. The quantitative estimate of drug-likeness (QED) is 0.749. The van der Waals surface area contributed by atoms with Crippen molar-refractivity contribution in [3.63, 3.8) is 0 Å². The van der Waals surface area contributed by atoms with Crippen LogP contribution in [0.3, 0.4) is 0 Å². The van der Waals surface area contributed by atoms with Gasteiger partial charge in [-0.05, 0) is 12.1 Å². The zero-order valence-corrected chi connectivity index (χ0v) is 17.1. The third-order valence-electron chi connectivity index (χ3n) is 4.63. The molecule has 30 heavy (non-hydrogen) atoms. The summed E-state index contributed by atoms with van der Waals surface area (Å²) < 4.78 is 21.1. The van der Waals surface area contributed by atoms with Gasteiger partial charge in [-0.2, -0.15) is 0 Å². The van der Waals surface area contributed by atoms with Crippen LogP contribution < -0.4 is 24.4 Å². The van der Waals surface area contributed by atoms with Crippen LogP contribution in [0.2, 0.25) is 0 Å². The molecule has 9 heteroatoms. The maximum atomic E-state index is 13.0. The Morgan fingerprint density at radius 1 is 1.07 bits per heavy atom. The highest BCUT2D eigenvalue weighted by molar-refractivity contribution is 6.04. The van der Waals surface area contributed by atoms with E-state index < -0.39 is 18.0 Å². The fraction of sp³-hybridized carbons (Fsp3) is 0.286. The highest BCUT2D eigenvalue weighted by atomic mass is 16.5. The van der Waals surface area contributed by atoms with Crippen molar-refractivity contribution < 1.29 is 33.3 Å². The highest BCUT2D eigenvalue weighted by Gasteiger charge is 2.33. The second-order valence-electron chi connectivity index (χ2n) is 6.44. The Kier molecular flexibility index (Phi) is 6.10. The number of benzene rings is 2. The Labute approximate surface area is 173 Å². The molecule has 0 radical (unpaired) electrons. The largest absolute Gasteiger partial charge is 0.493 e. The van der Waals surface area contributed by atoms with E-state index in [1.807, 2.05) is 0 Å². The van der Waals surface area contributed by atoms with Crippen LogP contribution in [-0.4, -0.2) is 51.8 Å². The summed E-state index contributed by atoms with van der Waals surface area (Å²) >= 11 is 0. The maximum absolute atomic E-state index is 13.0. The lowest BCUT2D eigenvalue weighted by Gasteiger charge is -2.33. The molecule has 1 heterocycles. The molecule has 158 valence electrons. The van der Waals surface area contributed by atoms with E-state index in [4.69, 9.17) is 18.9 Å². The van der Waals surface area contributed by atoms with Gasteiger partial charge in [0.1, 0.15) is 5.75 Å². The van der Waals surface area contributed by atoms with Gasteiger partial charge in [0.15, 0.2) is 17.6 Å². The van der Waals surface area contributed by atoms with Crippen LogP contribution in [0.15, 0.2) is 36.4 Å². The summed E-state index contributed by atoms with van der Waals surface area (Å²) in [5.74, 6) is -0.369. The first-order valence-electron chi connectivity index (χ1n) is 9.08. The van der Waals surface area contributed by atoms with Crippen molar-refractivity contribution in [3.8, 4) is 17.2 Å². The first-order chi connectivity index (χ1) is 14.4. The van der Waals surface area contributed by atoms with Crippen molar-refractivity contribution in [1.29, 1.82) is 0 Å². The number of ether oxygens (including phenoxy) is 4. The number of rotatable bonds is 5. The molecular weight excluding hydrogens is 392 g/mol. The molecule has 1 aliphatic heterocycles. The standard InChI is InChI=1S/C21H22N2O7/c1-12(24)23-11-19(30-16-8-6-5-7-15(16)23)20(25)22-14-10-18(28-3)17(27-2)9-13(14)21(26)29-4/h5-10,19H,11H2,1-4H3,(H,22,25). The third-order valence-corrected chi connectivity index (χ3v) is 4.63. The molecule has 0 fully saturated rings. The van der Waals surface area contributed by atoms with Crippen LogP contribution in [0.5, 0.6) is 17.2 Å². The topological polar surface area (TPSA) is 103 Å². The summed E-state index contributed by atoms with van der Waals surface area (Å²) in [6, 6.07) is 9.84. The average molecular weight is 414 g/mol. The molecule has 1 unspecified atom stereocenters. The van der Waals surface area contributed by atoms with Crippen LogP contribution in [0, 0.1) is 0 Å². The number of esters is 1. The number of nitrogens with one attached hydrogen (secondary N) is 1. The van der Waals surface area contributed by atoms with Gasteiger partial charge in [0, 0.05) is 19.1 Å². The van der Waals surface area contributed by atoms with E-state index in [0.717, 1.165) is 0 Å². The fourth-order valence-corrected chi connectivity index (χ4v) is 3.14. The number of carbonyl (C=O) groups excluding carboxylic acids is 3. The molecule has 2 aromatic rings. The van der Waals surface area contributed by atoms with Gasteiger partial charge in [-0.25, -0.2) is 4.79 Å². The summed E-state index contributed by atoms with van der Waals surface area (Å²) in [4.78, 5) is 38.7. The Morgan fingerprint density at radius 2 is 1.73 bits per heavy atom. The summed E-state index contributed by atoms with van der Waals surface area (Å²) in [5, 5.41) is 2.67. The predicted octanol–water partition coefficient (Wildman–Crippen LogP) is 2.24. The van der Waals surface area contributed by atoms with Crippen LogP contribution in [-0.2, 0) is 14.3 Å². The van der Waals surface area contributed by atoms with Crippen LogP contribution in [0.4, 0.5) is 11.4 Å². The number of fused-ring (bicyclic) bond motifs is 1. The lowest BCUT2D eigenvalue weighted by atomic mass is 10.1. The summed E-state index contributed by atoms with van der Waals surface area (Å²) in [6.07, 6.45) is -0.984. The van der Waals surface area contributed by atoms with Crippen LogP contribution in [0.1, 0.15) is 17.3 Å². The summed E-state index contributed by atoms with van der Waals surface area (Å²) in [6.45, 7) is 1.44. The number of methoxy groups -OCH3 is 3. The average Bonchev–Trinajstić information content (AvgIpc) is 2.77. The van der Waals surface area contributed by atoms with Gasteiger partial charge in [-0.15, -0.1) is 0 Å².